The minimum atomic E-state index is -2.25. The van der Waals surface area contributed by atoms with Crippen LogP contribution in [0.1, 0.15) is 149 Å². The van der Waals surface area contributed by atoms with Crippen LogP contribution in [0.2, 0.25) is 0 Å². The lowest BCUT2D eigenvalue weighted by Gasteiger charge is -2.47. The van der Waals surface area contributed by atoms with Crippen LogP contribution in [0.4, 0.5) is 15.3 Å². The van der Waals surface area contributed by atoms with E-state index in [0.717, 1.165) is 23.8 Å². The normalized spacial score (nSPS) is 27.9. The lowest BCUT2D eigenvalue weighted by Crippen LogP contribution is -2.65. The molecule has 2 bridgehead atoms. The van der Waals surface area contributed by atoms with Gasteiger partial charge in [-0.1, -0.05) is 95.5 Å². The average Bonchev–Trinajstić information content (AvgIpc) is 1.42. The van der Waals surface area contributed by atoms with Gasteiger partial charge in [0.1, 0.15) is 55.3 Å². The highest BCUT2D eigenvalue weighted by Gasteiger charge is 2.53. The zero-order chi connectivity index (χ0) is 97.5. The van der Waals surface area contributed by atoms with E-state index >= 15 is 0 Å². The number of ketones is 1. The second-order valence-electron chi connectivity index (χ2n) is 33.4. The summed E-state index contributed by atoms with van der Waals surface area (Å²) in [6.07, 6.45) is -12.4. The number of rotatable bonds is 42. The predicted octanol–water partition coefficient (Wildman–Crippen LogP) is 4.85. The van der Waals surface area contributed by atoms with Crippen LogP contribution in [0, 0.1) is 40.1 Å². The molecule has 133 heavy (non-hydrogen) atoms. The molecule has 0 saturated carbocycles. The van der Waals surface area contributed by atoms with E-state index in [1.807, 2.05) is 43.4 Å². The molecule has 43 heteroatoms. The number of aliphatic hydroxyl groups excluding tert-OH is 4. The van der Waals surface area contributed by atoms with Crippen molar-refractivity contribution in [2.45, 2.75) is 273 Å². The molecule has 5 aliphatic heterocycles. The first-order chi connectivity index (χ1) is 63.2. The highest BCUT2D eigenvalue weighted by molar-refractivity contribution is 14.1. The number of carbonyl (C=O) groups is 11. The number of methoxy groups -OCH3 is 5. The molecule has 0 aromatic heterocycles. The predicted molar refractivity (Wildman–Crippen MR) is 494 cm³/mol. The SMILES string of the molecule is CCN(C(C)=O)[C@H]1CO[C@@H](O[C@H]2[C@H](O[C@H]3C#C/C=C\C#C[C@]4(O)CC(=O)C(NC(=O)OC)=C3/C4=C\CSSC(C)(C)CCC(=O)NCCNC(=O)OCc3ccc(NC(=O)[C@H](C)NC(=O)[C@@H](NC(=O)CCCCCN4C(=O)C=CC4=O)C(C)C)cc3)O[C@H](C)[C@@H](NO[C@H]3C[C@H](O)[C@H](SC(=O)c4c(C)c(I)c(O[C@@H]5O[C@@H](C)[C@H](O)[C@@H](OC)[C@H]5O)c(OC)c4OC)[C@@H](C)O3)[C@H]2O)C[C@@H]1OC. The quantitative estimate of drug-likeness (QED) is 0.0106. The summed E-state index contributed by atoms with van der Waals surface area (Å²) in [5.41, 5.74) is 1.58. The fourth-order valence-corrected chi connectivity index (χ4v) is 19.9. The Hall–Kier alpha value is -8.53. The Bertz CT molecular complexity index is 4720. The van der Waals surface area contributed by atoms with Crippen molar-refractivity contribution in [2.24, 2.45) is 5.92 Å². The fraction of sp³-hybridized carbons (Fsp3) is 0.611. The van der Waals surface area contributed by atoms with Gasteiger partial charge in [0, 0.05) is 112 Å². The number of hydroxylamine groups is 1. The molecule has 0 spiro atoms. The molecule has 39 nitrogen and oxygen atoms in total. The number of anilines is 1. The van der Waals surface area contributed by atoms with Gasteiger partial charge in [-0.2, -0.15) is 5.48 Å². The number of aliphatic hydroxyl groups is 5. The van der Waals surface area contributed by atoms with Crippen molar-refractivity contribution in [3.05, 3.63) is 91.7 Å². The monoisotopic (exact) mass is 2030 g/mol. The molecule has 0 radical (unpaired) electrons. The topological polar surface area (TPSA) is 509 Å². The van der Waals surface area contributed by atoms with Gasteiger partial charge in [0.15, 0.2) is 41.8 Å². The molecule has 21 atom stereocenters. The molecule has 12 N–H and O–H groups in total. The second kappa shape index (κ2) is 50.5. The van der Waals surface area contributed by atoms with Gasteiger partial charge in [-0.15, -0.1) is 0 Å². The molecule has 7 aliphatic rings. The number of fused-ring (bicyclic) bond motifs is 2. The number of imide groups is 1. The van der Waals surface area contributed by atoms with Crippen molar-refractivity contribution in [3.8, 4) is 40.9 Å². The molecular weight excluding hydrogens is 1910 g/mol. The summed E-state index contributed by atoms with van der Waals surface area (Å²) in [6, 6.07) is 2.77. The standard InChI is InChI=1S/C90H122IN9O30S3/c1-17-99(52(9)101)56-45-122-65(42-60(56)117-12)128-79-74(109)71(98-130-66-41-57(102)81(51(8)124-66)132-84(113)67-47(4)69(91)77(80(120-15)76(67)118-13)129-85-75(110)78(119-14)73(108)50(7)126-85)49(6)125-86(79)127-59-25-21-18-19-23-35-90(116)43-58(103)72(97-88(115)121-16)68(59)55(90)34-40-131-133-89(10,11)36-33-61(104)92-37-38-93-87(114)123-44-53-27-29-54(30-28-53)95-82(111)48(5)94-83(112)70(46(2)3)96-62(105)26-22-20-24-39-100-63(106)31-32-64(100)107/h18-19,27-32,34,46,48-51,56-57,59-60,65-66,70-71,73-75,78-79,81,85-86,98,102,108-110,116H,17,20,22,24,26,33,36-45H2,1-16H3,(H,92,104)(H,93,114)(H,94,112)(H,95,111)(H,96,105)(H,97,115)/b19-18-,55-34+/t48-,49+,50-,51+,56-,57-,59-,60-,65-,66-,70-,71+,73-,74+,75+,78+,79+,81+,85-,86-,90-/m0/s1. The highest BCUT2D eigenvalue weighted by atomic mass is 127. The average molecular weight is 2030 g/mol. The molecule has 732 valence electrons. The van der Waals surface area contributed by atoms with Crippen LogP contribution < -0.4 is 51.6 Å². The molecule has 9 amide bonds. The summed E-state index contributed by atoms with van der Waals surface area (Å²) in [4.78, 5) is 153. The van der Waals surface area contributed by atoms with Crippen molar-refractivity contribution in [2.75, 3.05) is 79.4 Å². The number of alkyl carbamates (subject to hydrolysis) is 2. The molecule has 2 aliphatic carbocycles. The summed E-state index contributed by atoms with van der Waals surface area (Å²) in [7, 11) is 9.33. The van der Waals surface area contributed by atoms with Gasteiger partial charge in [-0.3, -0.25) is 58.2 Å². The third kappa shape index (κ3) is 28.8. The number of unbranched alkanes of at least 4 members (excludes halogenated alkanes) is 2. The number of hydrogen-bond donors (Lipinski definition) is 12. The van der Waals surface area contributed by atoms with Crippen LogP contribution >= 0.6 is 55.9 Å². The van der Waals surface area contributed by atoms with E-state index in [2.05, 4.69) is 61.1 Å². The Morgan fingerprint density at radius 2 is 1.45 bits per heavy atom. The molecule has 4 saturated heterocycles. The second-order valence-corrected chi connectivity index (χ2v) is 38.7. The maximum atomic E-state index is 14.6. The number of likely N-dealkylation sites (N-methyl/N-ethyl adjacent to an activating group) is 1. The number of nitrogens with one attached hydrogen (secondary N) is 7. The first-order valence-electron chi connectivity index (χ1n) is 43.6. The molecule has 2 aromatic carbocycles. The van der Waals surface area contributed by atoms with E-state index in [9.17, 15) is 78.3 Å². The maximum Gasteiger partial charge on any atom is 0.411 e. The van der Waals surface area contributed by atoms with Gasteiger partial charge < -0.3 is 119 Å². The minimum Gasteiger partial charge on any atom is -0.492 e. The van der Waals surface area contributed by atoms with Gasteiger partial charge in [0.2, 0.25) is 46.7 Å². The zero-order valence-electron chi connectivity index (χ0n) is 77.1. The van der Waals surface area contributed by atoms with Crippen LogP contribution in [0.15, 0.2) is 71.5 Å². The Morgan fingerprint density at radius 3 is 2.11 bits per heavy atom. The van der Waals surface area contributed by atoms with Crippen molar-refractivity contribution in [1.29, 1.82) is 0 Å². The summed E-state index contributed by atoms with van der Waals surface area (Å²) in [6.45, 7) is 19.1. The van der Waals surface area contributed by atoms with E-state index in [4.69, 9.17) is 66.4 Å². The lowest BCUT2D eigenvalue weighted by molar-refractivity contribution is -0.337. The summed E-state index contributed by atoms with van der Waals surface area (Å²) in [5.74, 6) is 7.85. The van der Waals surface area contributed by atoms with Crippen LogP contribution in [-0.2, 0) is 97.2 Å². The minimum absolute atomic E-state index is 0.00404. The van der Waals surface area contributed by atoms with E-state index in [0.29, 0.717) is 52.6 Å². The third-order valence-corrected chi connectivity index (χ3v) is 28.9. The number of Topliss-reactive ketones (excluding diaryl/α,β-unsaturated/α-hetero) is 1. The van der Waals surface area contributed by atoms with Crippen molar-refractivity contribution >= 4 is 126 Å². The van der Waals surface area contributed by atoms with Crippen LogP contribution in [0.25, 0.3) is 0 Å². The van der Waals surface area contributed by atoms with E-state index in [-0.39, 0.29) is 139 Å². The molecule has 5 heterocycles. The Kier molecular flexibility index (Phi) is 41.1. The largest absolute Gasteiger partial charge is 0.492 e. The fourth-order valence-electron chi connectivity index (χ4n) is 15.7. The first kappa shape index (κ1) is 108. The number of thioether (sulfide) groups is 1. The van der Waals surface area contributed by atoms with Crippen molar-refractivity contribution in [1.82, 2.24) is 41.9 Å². The number of benzene rings is 2. The first-order valence-corrected chi connectivity index (χ1v) is 47.9. The number of halogens is 1. The Balaban J connectivity index is 0.803. The smallest absolute Gasteiger partial charge is 0.411 e. The van der Waals surface area contributed by atoms with Gasteiger partial charge >= 0.3 is 12.2 Å². The number of hydrogen-bond acceptors (Lipinski definition) is 34. The highest BCUT2D eigenvalue weighted by Crippen LogP contribution is 2.50. The van der Waals surface area contributed by atoms with Gasteiger partial charge in [0.25, 0.3) is 11.8 Å². The molecule has 0 unspecified atom stereocenters. The number of allylic oxidation sites excluding steroid dienone is 3. The molecule has 9 rings (SSSR count). The van der Waals surface area contributed by atoms with E-state index < -0.39 is 173 Å². The van der Waals surface area contributed by atoms with Crippen LogP contribution in [-0.4, -0.2) is 306 Å². The van der Waals surface area contributed by atoms with E-state index in [1.54, 1.807) is 76.8 Å². The Labute approximate surface area is 798 Å². The summed E-state index contributed by atoms with van der Waals surface area (Å²) >= 11 is 2.76. The van der Waals surface area contributed by atoms with Crippen molar-refractivity contribution < 1.29 is 145 Å². The number of amides is 9. The summed E-state index contributed by atoms with van der Waals surface area (Å²) in [5, 5.41) is 74.0. The molecule has 4 fully saturated rings. The van der Waals surface area contributed by atoms with Gasteiger partial charge in [-0.25, -0.2) is 9.59 Å². The van der Waals surface area contributed by atoms with E-state index in [1.165, 1.54) is 88.2 Å². The Morgan fingerprint density at radius 1 is 0.759 bits per heavy atom. The van der Waals surface area contributed by atoms with Gasteiger partial charge in [-0.05, 0) is 139 Å². The zero-order valence-corrected chi connectivity index (χ0v) is 81.7. The maximum absolute atomic E-state index is 14.6. The molecular formula is C90H122IN9O30S3. The molecule has 2 aromatic rings. The number of ether oxygens (including phenoxy) is 13. The third-order valence-electron chi connectivity index (χ3n) is 23.0. The van der Waals surface area contributed by atoms with Gasteiger partial charge in [0.05, 0.1) is 97.0 Å². The summed E-state index contributed by atoms with van der Waals surface area (Å²) < 4.78 is 78.2. The van der Waals surface area contributed by atoms with Crippen LogP contribution in [0.5, 0.6) is 17.2 Å². The number of carbonyl (C=O) groups excluding carboxylic acids is 11. The van der Waals surface area contributed by atoms with Crippen molar-refractivity contribution in [3.63, 3.8) is 0 Å². The van der Waals surface area contributed by atoms with Crippen LogP contribution in [0.3, 0.4) is 0 Å². The number of nitrogens with zero attached hydrogens (tertiary/aromatic N) is 2. The lowest BCUT2D eigenvalue weighted by atomic mass is 9.75.